The summed E-state index contributed by atoms with van der Waals surface area (Å²) in [7, 11) is 2.07. The van der Waals surface area contributed by atoms with Crippen molar-refractivity contribution in [2.75, 3.05) is 43.9 Å². The van der Waals surface area contributed by atoms with Gasteiger partial charge in [-0.05, 0) is 55.7 Å². The maximum Gasteiger partial charge on any atom is 0.273 e. The number of rotatable bonds is 5. The van der Waals surface area contributed by atoms with Crippen molar-refractivity contribution in [2.45, 2.75) is 37.8 Å². The third kappa shape index (κ3) is 4.70. The van der Waals surface area contributed by atoms with Gasteiger partial charge in [0.1, 0.15) is 16.5 Å². The molecule has 0 bridgehead atoms. The first-order chi connectivity index (χ1) is 15.5. The van der Waals surface area contributed by atoms with Crippen molar-refractivity contribution in [3.05, 3.63) is 23.2 Å². The second kappa shape index (κ2) is 9.26. The van der Waals surface area contributed by atoms with E-state index in [9.17, 15) is 9.90 Å². The van der Waals surface area contributed by atoms with Crippen LogP contribution in [-0.2, 0) is 0 Å². The van der Waals surface area contributed by atoms with Gasteiger partial charge in [-0.1, -0.05) is 0 Å². The van der Waals surface area contributed by atoms with Crippen LogP contribution in [0, 0.1) is 0 Å². The topological polar surface area (TPSA) is 107 Å². The third-order valence-corrected chi connectivity index (χ3v) is 7.71. The highest BCUT2D eigenvalue weighted by atomic mass is 32.1. The Labute approximate surface area is 194 Å². The van der Waals surface area contributed by atoms with Crippen LogP contribution in [0.25, 0.3) is 10.2 Å². The summed E-state index contributed by atoms with van der Waals surface area (Å²) in [5.74, 6) is 1.27. The number of hydrogen-bond donors (Lipinski definition) is 3. The number of aliphatic hydroxyl groups excluding tert-OH is 1. The van der Waals surface area contributed by atoms with E-state index in [1.54, 1.807) is 17.4 Å². The van der Waals surface area contributed by atoms with Crippen LogP contribution in [0.2, 0.25) is 0 Å². The van der Waals surface area contributed by atoms with Gasteiger partial charge in [-0.15, -0.1) is 11.3 Å². The Hall–Kier alpha value is -2.34. The van der Waals surface area contributed by atoms with E-state index in [4.69, 9.17) is 4.98 Å². The van der Waals surface area contributed by atoms with Crippen molar-refractivity contribution in [1.82, 2.24) is 24.1 Å². The van der Waals surface area contributed by atoms with Crippen molar-refractivity contribution >= 4 is 55.8 Å². The van der Waals surface area contributed by atoms with E-state index < -0.39 is 0 Å². The van der Waals surface area contributed by atoms with Gasteiger partial charge in [0.25, 0.3) is 5.91 Å². The number of nitrogens with one attached hydrogen (secondary N) is 2. The minimum Gasteiger partial charge on any atom is -0.393 e. The second-order valence-corrected chi connectivity index (χ2v) is 10.2. The molecule has 11 heteroatoms. The summed E-state index contributed by atoms with van der Waals surface area (Å²) in [5.41, 5.74) is 1.34. The summed E-state index contributed by atoms with van der Waals surface area (Å²) in [5, 5.41) is 19.3. The molecule has 170 valence electrons. The van der Waals surface area contributed by atoms with E-state index in [1.165, 1.54) is 11.5 Å². The summed E-state index contributed by atoms with van der Waals surface area (Å²) < 4.78 is 5.39. The van der Waals surface area contributed by atoms with E-state index in [1.807, 2.05) is 16.3 Å². The number of aromatic nitrogens is 3. The zero-order valence-corrected chi connectivity index (χ0v) is 19.6. The monoisotopic (exact) mass is 473 g/mol. The van der Waals surface area contributed by atoms with Gasteiger partial charge in [-0.3, -0.25) is 4.79 Å². The Morgan fingerprint density at radius 2 is 1.94 bits per heavy atom. The maximum absolute atomic E-state index is 12.8. The van der Waals surface area contributed by atoms with Crippen molar-refractivity contribution < 1.29 is 9.90 Å². The van der Waals surface area contributed by atoms with Crippen LogP contribution in [0.15, 0.2) is 17.5 Å². The number of anilines is 3. The molecule has 2 fully saturated rings. The molecule has 0 aromatic carbocycles. The van der Waals surface area contributed by atoms with E-state index in [0.29, 0.717) is 17.7 Å². The molecule has 1 aliphatic carbocycles. The summed E-state index contributed by atoms with van der Waals surface area (Å²) >= 11 is 2.86. The fraction of sp³-hybridized carbons (Fsp3) is 0.524. The standard InChI is InChI=1S/C21H27N7O2S2/c1-27-7-9-28(10-8-27)20(30)16-12-17(32-26-16)24-21-23-15-6-11-31-18(15)19(25-21)22-13-2-4-14(29)5-3-13/h6,11-14,29H,2-5,7-10H2,1H3,(H2,22,23,24,25). The number of amides is 1. The minimum atomic E-state index is -0.188. The zero-order valence-electron chi connectivity index (χ0n) is 18.0. The molecule has 0 atom stereocenters. The molecular weight excluding hydrogens is 446 g/mol. The van der Waals surface area contributed by atoms with Crippen LogP contribution in [0.4, 0.5) is 16.8 Å². The highest BCUT2D eigenvalue weighted by molar-refractivity contribution is 7.17. The fourth-order valence-corrected chi connectivity index (χ4v) is 5.56. The Balaban J connectivity index is 1.31. The molecule has 3 aromatic rings. The SMILES string of the molecule is CN1CCN(C(=O)c2cc(Nc3nc(NC4CCC(O)CC4)c4sccc4n3)sn2)CC1. The van der Waals surface area contributed by atoms with Gasteiger partial charge in [-0.25, -0.2) is 4.98 Å². The Bertz CT molecular complexity index is 1080. The first kappa shape index (κ1) is 21.5. The lowest BCUT2D eigenvalue weighted by Gasteiger charge is -2.31. The molecule has 2 aliphatic rings. The van der Waals surface area contributed by atoms with Gasteiger partial charge < -0.3 is 25.5 Å². The molecule has 3 aromatic heterocycles. The number of hydrogen-bond acceptors (Lipinski definition) is 10. The van der Waals surface area contributed by atoms with E-state index in [0.717, 1.165) is 72.9 Å². The molecule has 4 heterocycles. The predicted octanol–water partition coefficient (Wildman–Crippen LogP) is 2.99. The molecule has 5 rings (SSSR count). The Morgan fingerprint density at radius 3 is 2.72 bits per heavy atom. The molecule has 3 N–H and O–H groups in total. The number of thiophene rings is 1. The van der Waals surface area contributed by atoms with E-state index in [-0.39, 0.29) is 12.0 Å². The fourth-order valence-electron chi connectivity index (χ4n) is 4.15. The van der Waals surface area contributed by atoms with Crippen LogP contribution in [-0.4, -0.2) is 80.5 Å². The number of aliphatic hydroxyl groups is 1. The summed E-state index contributed by atoms with van der Waals surface area (Å²) in [4.78, 5) is 26.2. The van der Waals surface area contributed by atoms with E-state index >= 15 is 0 Å². The predicted molar refractivity (Wildman–Crippen MR) is 128 cm³/mol. The summed E-state index contributed by atoms with van der Waals surface area (Å²) in [6.07, 6.45) is 3.28. The first-order valence-corrected chi connectivity index (χ1v) is 12.6. The van der Waals surface area contributed by atoms with Crippen molar-refractivity contribution in [2.24, 2.45) is 0 Å². The Morgan fingerprint density at radius 1 is 1.16 bits per heavy atom. The van der Waals surface area contributed by atoms with Gasteiger partial charge in [0.05, 0.1) is 16.3 Å². The molecule has 1 saturated heterocycles. The molecule has 1 amide bonds. The highest BCUT2D eigenvalue weighted by Gasteiger charge is 2.23. The lowest BCUT2D eigenvalue weighted by atomic mass is 9.93. The lowest BCUT2D eigenvalue weighted by molar-refractivity contribution is 0.0659. The number of fused-ring (bicyclic) bond motifs is 1. The van der Waals surface area contributed by atoms with Gasteiger partial charge in [0.2, 0.25) is 5.95 Å². The number of carbonyl (C=O) groups excluding carboxylic acids is 1. The molecule has 9 nitrogen and oxygen atoms in total. The summed E-state index contributed by atoms with van der Waals surface area (Å²) in [6, 6.07) is 4.06. The zero-order chi connectivity index (χ0) is 22.1. The molecule has 0 radical (unpaired) electrons. The smallest absolute Gasteiger partial charge is 0.273 e. The number of piperazine rings is 1. The van der Waals surface area contributed by atoms with Crippen molar-refractivity contribution in [3.63, 3.8) is 0 Å². The van der Waals surface area contributed by atoms with Crippen LogP contribution >= 0.6 is 22.9 Å². The molecule has 0 unspecified atom stereocenters. The van der Waals surface area contributed by atoms with Crippen LogP contribution < -0.4 is 10.6 Å². The number of carbonyl (C=O) groups is 1. The number of likely N-dealkylation sites (N-methyl/N-ethyl adjacent to an activating group) is 1. The highest BCUT2D eigenvalue weighted by Crippen LogP contribution is 2.31. The second-order valence-electron chi connectivity index (χ2n) is 8.48. The minimum absolute atomic E-state index is 0.0292. The normalized spacial score (nSPS) is 22.2. The maximum atomic E-state index is 12.8. The van der Waals surface area contributed by atoms with Crippen molar-refractivity contribution in [1.29, 1.82) is 0 Å². The quantitative estimate of drug-likeness (QED) is 0.519. The van der Waals surface area contributed by atoms with Gasteiger partial charge in [0.15, 0.2) is 0 Å². The van der Waals surface area contributed by atoms with Crippen LogP contribution in [0.3, 0.4) is 0 Å². The Kier molecular flexibility index (Phi) is 6.22. The first-order valence-electron chi connectivity index (χ1n) is 11.0. The molecular formula is C21H27N7O2S2. The molecule has 1 saturated carbocycles. The van der Waals surface area contributed by atoms with Crippen molar-refractivity contribution in [3.8, 4) is 0 Å². The lowest BCUT2D eigenvalue weighted by Crippen LogP contribution is -2.47. The largest absolute Gasteiger partial charge is 0.393 e. The van der Waals surface area contributed by atoms with Crippen LogP contribution in [0.1, 0.15) is 36.2 Å². The van der Waals surface area contributed by atoms with Gasteiger partial charge in [-0.2, -0.15) is 9.36 Å². The van der Waals surface area contributed by atoms with Crippen LogP contribution in [0.5, 0.6) is 0 Å². The summed E-state index contributed by atoms with van der Waals surface area (Å²) in [6.45, 7) is 3.21. The molecule has 1 aliphatic heterocycles. The molecule has 0 spiro atoms. The molecule has 32 heavy (non-hydrogen) atoms. The van der Waals surface area contributed by atoms with E-state index in [2.05, 4.69) is 31.9 Å². The average molecular weight is 474 g/mol. The average Bonchev–Trinajstić information content (AvgIpc) is 3.45. The number of nitrogens with zero attached hydrogens (tertiary/aromatic N) is 5. The van der Waals surface area contributed by atoms with Gasteiger partial charge >= 0.3 is 0 Å². The third-order valence-electron chi connectivity index (χ3n) is 6.10. The van der Waals surface area contributed by atoms with Gasteiger partial charge in [0, 0.05) is 38.3 Å².